The maximum Gasteiger partial charge on any atom is 0.125 e. The number of para-hydroxylation sites is 1. The zero-order chi connectivity index (χ0) is 16.6. The van der Waals surface area contributed by atoms with E-state index in [4.69, 9.17) is 4.98 Å². The highest BCUT2D eigenvalue weighted by molar-refractivity contribution is 7.21. The molecule has 0 radical (unpaired) electrons. The predicted octanol–water partition coefficient (Wildman–Crippen LogP) is 6.78. The number of benzene rings is 4. The summed E-state index contributed by atoms with van der Waals surface area (Å²) in [5, 5.41) is 3.60. The van der Waals surface area contributed by atoms with Crippen molar-refractivity contribution in [2.45, 2.75) is 0 Å². The molecule has 0 saturated carbocycles. The number of hydrogen-bond donors (Lipinski definition) is 0. The van der Waals surface area contributed by atoms with E-state index in [0.29, 0.717) is 0 Å². The summed E-state index contributed by atoms with van der Waals surface area (Å²) in [4.78, 5) is 4.85. The van der Waals surface area contributed by atoms with E-state index in [-0.39, 0.29) is 0 Å². The Morgan fingerprint density at radius 2 is 1.20 bits per heavy atom. The van der Waals surface area contributed by atoms with Gasteiger partial charge in [-0.1, -0.05) is 78.9 Å². The molecule has 1 heterocycles. The van der Waals surface area contributed by atoms with Gasteiger partial charge in [-0.25, -0.2) is 4.98 Å². The summed E-state index contributed by atoms with van der Waals surface area (Å²) in [6, 6.07) is 31.9. The molecule has 0 bridgehead atoms. The second kappa shape index (κ2) is 5.83. The van der Waals surface area contributed by atoms with Crippen molar-refractivity contribution in [2.24, 2.45) is 0 Å². The first-order valence-corrected chi connectivity index (χ1v) is 9.15. The van der Waals surface area contributed by atoms with E-state index < -0.39 is 0 Å². The fraction of sp³-hybridized carbons (Fsp3) is 0. The second-order valence-corrected chi connectivity index (χ2v) is 7.09. The molecular formula is C23H15NS. The van der Waals surface area contributed by atoms with Gasteiger partial charge in [-0.3, -0.25) is 0 Å². The van der Waals surface area contributed by atoms with Crippen molar-refractivity contribution in [1.82, 2.24) is 4.98 Å². The first kappa shape index (κ1) is 14.4. The van der Waals surface area contributed by atoms with Gasteiger partial charge in [0.15, 0.2) is 0 Å². The van der Waals surface area contributed by atoms with Crippen LogP contribution in [0.1, 0.15) is 0 Å². The maximum absolute atomic E-state index is 4.85. The molecule has 5 rings (SSSR count). The lowest BCUT2D eigenvalue weighted by molar-refractivity contribution is 1.49. The zero-order valence-electron chi connectivity index (χ0n) is 13.5. The number of hydrogen-bond acceptors (Lipinski definition) is 2. The lowest BCUT2D eigenvalue weighted by Crippen LogP contribution is -1.85. The van der Waals surface area contributed by atoms with Crippen LogP contribution in [0.4, 0.5) is 0 Å². The molecule has 2 heteroatoms. The molecule has 0 saturated heterocycles. The zero-order valence-corrected chi connectivity index (χ0v) is 14.3. The average molecular weight is 337 g/mol. The van der Waals surface area contributed by atoms with E-state index in [1.807, 2.05) is 6.07 Å². The molecule has 0 unspecified atom stereocenters. The van der Waals surface area contributed by atoms with Gasteiger partial charge in [0.2, 0.25) is 0 Å². The Balaban J connectivity index is 1.78. The van der Waals surface area contributed by atoms with Crippen LogP contribution >= 0.6 is 11.3 Å². The third kappa shape index (κ3) is 2.43. The van der Waals surface area contributed by atoms with E-state index in [1.54, 1.807) is 11.3 Å². The number of thiazole rings is 1. The van der Waals surface area contributed by atoms with Crippen LogP contribution < -0.4 is 0 Å². The number of nitrogens with zero attached hydrogens (tertiary/aromatic N) is 1. The molecule has 0 fully saturated rings. The molecule has 0 spiro atoms. The fourth-order valence-electron chi connectivity index (χ4n) is 3.34. The highest BCUT2D eigenvalue weighted by atomic mass is 32.1. The van der Waals surface area contributed by atoms with Crippen LogP contribution in [0.2, 0.25) is 0 Å². The van der Waals surface area contributed by atoms with Crippen molar-refractivity contribution in [3.05, 3.63) is 91.0 Å². The Bertz CT molecular complexity index is 1160. The first-order chi connectivity index (χ1) is 12.4. The summed E-state index contributed by atoms with van der Waals surface area (Å²) in [7, 11) is 0. The van der Waals surface area contributed by atoms with Gasteiger partial charge in [0.05, 0.1) is 10.2 Å². The second-order valence-electron chi connectivity index (χ2n) is 6.06. The molecule has 1 nitrogen and oxygen atoms in total. The Hall–Kier alpha value is -2.97. The predicted molar refractivity (Wildman–Crippen MR) is 108 cm³/mol. The fourth-order valence-corrected chi connectivity index (χ4v) is 4.35. The van der Waals surface area contributed by atoms with Crippen LogP contribution in [-0.2, 0) is 0 Å². The van der Waals surface area contributed by atoms with E-state index in [2.05, 4.69) is 84.9 Å². The molecule has 0 aliphatic carbocycles. The first-order valence-electron chi connectivity index (χ1n) is 8.33. The normalized spacial score (nSPS) is 11.2. The van der Waals surface area contributed by atoms with Crippen LogP contribution in [0.25, 0.3) is 42.7 Å². The van der Waals surface area contributed by atoms with Gasteiger partial charge in [-0.2, -0.15) is 0 Å². The third-order valence-corrected chi connectivity index (χ3v) is 5.60. The summed E-state index contributed by atoms with van der Waals surface area (Å²) >= 11 is 1.76. The van der Waals surface area contributed by atoms with Crippen molar-refractivity contribution in [3.8, 4) is 21.7 Å². The van der Waals surface area contributed by atoms with Crippen molar-refractivity contribution in [3.63, 3.8) is 0 Å². The minimum atomic E-state index is 1.07. The highest BCUT2D eigenvalue weighted by Crippen LogP contribution is 2.38. The molecule has 0 aliphatic heterocycles. The molecule has 0 amide bonds. The molecule has 118 valence electrons. The van der Waals surface area contributed by atoms with Gasteiger partial charge in [-0.15, -0.1) is 11.3 Å². The molecule has 0 aliphatic rings. The SMILES string of the molecule is c1ccc(-c2ccc(-c3nc4ccccc4s3)c3ccccc23)cc1. The van der Waals surface area contributed by atoms with Gasteiger partial charge in [-0.05, 0) is 34.0 Å². The Morgan fingerprint density at radius 3 is 2.00 bits per heavy atom. The number of fused-ring (bicyclic) bond motifs is 2. The van der Waals surface area contributed by atoms with E-state index in [9.17, 15) is 0 Å². The van der Waals surface area contributed by atoms with Crippen LogP contribution in [0, 0.1) is 0 Å². The van der Waals surface area contributed by atoms with Crippen molar-refractivity contribution in [1.29, 1.82) is 0 Å². The standard InChI is InChI=1S/C23H15NS/c1-2-8-16(9-3-1)17-14-15-20(19-11-5-4-10-18(17)19)23-24-21-12-6-7-13-22(21)25-23/h1-15H. The van der Waals surface area contributed by atoms with Gasteiger partial charge in [0.25, 0.3) is 0 Å². The van der Waals surface area contributed by atoms with Crippen LogP contribution in [0.3, 0.4) is 0 Å². The third-order valence-electron chi connectivity index (χ3n) is 4.53. The molecule has 4 aromatic carbocycles. The summed E-state index contributed by atoms with van der Waals surface area (Å²) in [5.74, 6) is 0. The van der Waals surface area contributed by atoms with Crippen LogP contribution in [0.15, 0.2) is 91.0 Å². The largest absolute Gasteiger partial charge is 0.236 e. The molecule has 5 aromatic rings. The van der Waals surface area contributed by atoms with Gasteiger partial charge < -0.3 is 0 Å². The summed E-state index contributed by atoms with van der Waals surface area (Å²) in [6.45, 7) is 0. The smallest absolute Gasteiger partial charge is 0.125 e. The van der Waals surface area contributed by atoms with E-state index in [0.717, 1.165) is 10.5 Å². The number of rotatable bonds is 2. The average Bonchev–Trinajstić information content (AvgIpc) is 3.12. The Labute approximate surface area is 150 Å². The van der Waals surface area contributed by atoms with Crippen molar-refractivity contribution in [2.75, 3.05) is 0 Å². The van der Waals surface area contributed by atoms with E-state index >= 15 is 0 Å². The van der Waals surface area contributed by atoms with Crippen LogP contribution in [0.5, 0.6) is 0 Å². The summed E-state index contributed by atoms with van der Waals surface area (Å²) < 4.78 is 1.23. The highest BCUT2D eigenvalue weighted by Gasteiger charge is 2.12. The molecular weight excluding hydrogens is 322 g/mol. The van der Waals surface area contributed by atoms with Crippen LogP contribution in [-0.4, -0.2) is 4.98 Å². The van der Waals surface area contributed by atoms with E-state index in [1.165, 1.54) is 32.2 Å². The van der Waals surface area contributed by atoms with Gasteiger partial charge in [0.1, 0.15) is 5.01 Å². The minimum Gasteiger partial charge on any atom is -0.236 e. The van der Waals surface area contributed by atoms with Gasteiger partial charge in [0, 0.05) is 5.56 Å². The number of aromatic nitrogens is 1. The monoisotopic (exact) mass is 337 g/mol. The Morgan fingerprint density at radius 1 is 0.560 bits per heavy atom. The lowest BCUT2D eigenvalue weighted by atomic mass is 9.95. The van der Waals surface area contributed by atoms with Crippen molar-refractivity contribution >= 4 is 32.3 Å². The lowest BCUT2D eigenvalue weighted by Gasteiger charge is -2.10. The molecule has 0 N–H and O–H groups in total. The molecule has 0 atom stereocenters. The summed E-state index contributed by atoms with van der Waals surface area (Å²) in [6.07, 6.45) is 0. The quantitative estimate of drug-likeness (QED) is 0.346. The van der Waals surface area contributed by atoms with Gasteiger partial charge >= 0.3 is 0 Å². The maximum atomic E-state index is 4.85. The molecule has 1 aromatic heterocycles. The molecule has 25 heavy (non-hydrogen) atoms. The minimum absolute atomic E-state index is 1.07. The van der Waals surface area contributed by atoms with Crippen molar-refractivity contribution < 1.29 is 0 Å². The Kier molecular flexibility index (Phi) is 3.36. The topological polar surface area (TPSA) is 12.9 Å². The summed E-state index contributed by atoms with van der Waals surface area (Å²) in [5.41, 5.74) is 4.78.